The number of nitrogens with one attached hydrogen (secondary N) is 1. The van der Waals surface area contributed by atoms with Crippen LogP contribution in [-0.4, -0.2) is 29.0 Å². The van der Waals surface area contributed by atoms with Gasteiger partial charge in [0.05, 0.1) is 16.3 Å². The molecule has 0 radical (unpaired) electrons. The quantitative estimate of drug-likeness (QED) is 0.891. The third kappa shape index (κ3) is 3.17. The third-order valence-corrected chi connectivity index (χ3v) is 4.39. The molecule has 0 unspecified atom stereocenters. The smallest absolute Gasteiger partial charge is 0.335 e. The number of imidazole rings is 1. The number of halogens is 1. The van der Waals surface area contributed by atoms with Crippen LogP contribution in [0.3, 0.4) is 0 Å². The average molecular weight is 330 g/mol. The molecule has 21 heavy (non-hydrogen) atoms. The first-order valence-electron chi connectivity index (χ1n) is 5.76. The van der Waals surface area contributed by atoms with Crippen LogP contribution in [0.5, 0.6) is 0 Å². The van der Waals surface area contributed by atoms with Crippen molar-refractivity contribution in [3.8, 4) is 0 Å². The van der Waals surface area contributed by atoms with Gasteiger partial charge in [-0.3, -0.25) is 4.72 Å². The molecular formula is C12H12ClN3O4S. The Morgan fingerprint density at radius 1 is 1.43 bits per heavy atom. The summed E-state index contributed by atoms with van der Waals surface area (Å²) in [7, 11) is -2.27. The molecule has 1 aromatic carbocycles. The number of hydrogen-bond acceptors (Lipinski definition) is 4. The molecule has 0 aliphatic carbocycles. The topological polar surface area (TPSA) is 101 Å². The van der Waals surface area contributed by atoms with Gasteiger partial charge in [-0.2, -0.15) is 8.42 Å². The lowest BCUT2D eigenvalue weighted by Crippen LogP contribution is -2.14. The van der Waals surface area contributed by atoms with Crippen LogP contribution in [0.2, 0.25) is 5.02 Å². The van der Waals surface area contributed by atoms with Crippen LogP contribution in [0.25, 0.3) is 0 Å². The Hall–Kier alpha value is -2.06. The number of sulfonamides is 1. The second kappa shape index (κ2) is 5.38. The normalized spacial score (nSPS) is 11.4. The van der Waals surface area contributed by atoms with Crippen molar-refractivity contribution in [1.82, 2.24) is 9.55 Å². The van der Waals surface area contributed by atoms with Crippen LogP contribution in [0.15, 0.2) is 29.4 Å². The molecule has 0 saturated heterocycles. The van der Waals surface area contributed by atoms with Crippen molar-refractivity contribution in [2.45, 2.75) is 11.9 Å². The maximum Gasteiger partial charge on any atom is 0.335 e. The minimum Gasteiger partial charge on any atom is -0.478 e. The molecule has 0 aliphatic rings. The van der Waals surface area contributed by atoms with Gasteiger partial charge in [-0.1, -0.05) is 11.6 Å². The summed E-state index contributed by atoms with van der Waals surface area (Å²) in [6, 6.07) is 3.75. The highest BCUT2D eigenvalue weighted by atomic mass is 35.5. The van der Waals surface area contributed by atoms with Crippen molar-refractivity contribution in [3.05, 3.63) is 40.8 Å². The number of carboxylic acids is 1. The molecule has 0 aliphatic heterocycles. The molecule has 7 nitrogen and oxygen atoms in total. The van der Waals surface area contributed by atoms with Crippen LogP contribution in [0, 0.1) is 6.92 Å². The Balaban J connectivity index is 2.41. The maximum absolute atomic E-state index is 12.2. The molecule has 112 valence electrons. The Morgan fingerprint density at radius 3 is 2.62 bits per heavy atom. The fraction of sp³-hybridized carbons (Fsp3) is 0.167. The summed E-state index contributed by atoms with van der Waals surface area (Å²) in [5.41, 5.74) is -0.0887. The van der Waals surface area contributed by atoms with Gasteiger partial charge in [0, 0.05) is 13.2 Å². The van der Waals surface area contributed by atoms with Crippen LogP contribution in [0.1, 0.15) is 16.2 Å². The predicted molar refractivity (Wildman–Crippen MR) is 77.2 cm³/mol. The molecular weight excluding hydrogens is 318 g/mol. The van der Waals surface area contributed by atoms with E-state index in [-0.39, 0.29) is 21.3 Å². The molecule has 0 spiro atoms. The lowest BCUT2D eigenvalue weighted by atomic mass is 10.2. The van der Waals surface area contributed by atoms with E-state index in [2.05, 4.69) is 9.71 Å². The highest BCUT2D eigenvalue weighted by molar-refractivity contribution is 7.92. The average Bonchev–Trinajstić information content (AvgIpc) is 2.73. The van der Waals surface area contributed by atoms with E-state index in [1.54, 1.807) is 18.5 Å². The summed E-state index contributed by atoms with van der Waals surface area (Å²) in [5, 5.41) is 8.85. The zero-order valence-corrected chi connectivity index (χ0v) is 12.7. The number of aromatic nitrogens is 2. The van der Waals surface area contributed by atoms with Gasteiger partial charge in [-0.25, -0.2) is 9.78 Å². The van der Waals surface area contributed by atoms with E-state index >= 15 is 0 Å². The Bertz CT molecular complexity index is 794. The minimum atomic E-state index is -3.94. The zero-order chi connectivity index (χ0) is 15.8. The fourth-order valence-electron chi connectivity index (χ4n) is 1.59. The molecule has 2 rings (SSSR count). The first kappa shape index (κ1) is 15.3. The zero-order valence-electron chi connectivity index (χ0n) is 11.2. The minimum absolute atomic E-state index is 0.0140. The molecule has 1 heterocycles. The number of rotatable bonds is 4. The molecule has 0 atom stereocenters. The van der Waals surface area contributed by atoms with Crippen LogP contribution in [-0.2, 0) is 17.1 Å². The molecule has 0 fully saturated rings. The molecule has 2 N–H and O–H groups in total. The summed E-state index contributed by atoms with van der Waals surface area (Å²) in [6.07, 6.45) is 1.35. The van der Waals surface area contributed by atoms with Gasteiger partial charge >= 0.3 is 5.97 Å². The third-order valence-electron chi connectivity index (χ3n) is 2.82. The molecule has 0 amide bonds. The fourth-order valence-corrected chi connectivity index (χ4v) is 2.92. The van der Waals surface area contributed by atoms with Gasteiger partial charge in [0.15, 0.2) is 5.03 Å². The van der Waals surface area contributed by atoms with Crippen LogP contribution < -0.4 is 4.72 Å². The number of benzene rings is 1. The van der Waals surface area contributed by atoms with Crippen molar-refractivity contribution in [3.63, 3.8) is 0 Å². The van der Waals surface area contributed by atoms with Crippen molar-refractivity contribution in [1.29, 1.82) is 0 Å². The van der Waals surface area contributed by atoms with E-state index < -0.39 is 16.0 Å². The van der Waals surface area contributed by atoms with Crippen molar-refractivity contribution in [2.24, 2.45) is 7.05 Å². The number of anilines is 1. The second-order valence-corrected chi connectivity index (χ2v) is 6.38. The van der Waals surface area contributed by atoms with E-state index in [1.807, 2.05) is 0 Å². The summed E-state index contributed by atoms with van der Waals surface area (Å²) in [5.74, 6) is -0.651. The largest absolute Gasteiger partial charge is 0.478 e. The van der Waals surface area contributed by atoms with Crippen LogP contribution >= 0.6 is 11.6 Å². The van der Waals surface area contributed by atoms with Gasteiger partial charge < -0.3 is 9.67 Å². The van der Waals surface area contributed by atoms with Gasteiger partial charge in [0.1, 0.15) is 5.82 Å². The maximum atomic E-state index is 12.2. The van der Waals surface area contributed by atoms with E-state index in [0.717, 1.165) is 6.07 Å². The highest BCUT2D eigenvalue weighted by Crippen LogP contribution is 2.25. The lowest BCUT2D eigenvalue weighted by Gasteiger charge is -2.08. The van der Waals surface area contributed by atoms with E-state index in [0.29, 0.717) is 5.82 Å². The lowest BCUT2D eigenvalue weighted by molar-refractivity contribution is 0.0697. The molecule has 1 aromatic heterocycles. The van der Waals surface area contributed by atoms with Gasteiger partial charge in [-0.05, 0) is 25.1 Å². The first-order chi connectivity index (χ1) is 9.70. The number of nitrogens with zero attached hydrogens (tertiary/aromatic N) is 2. The monoisotopic (exact) mass is 329 g/mol. The Morgan fingerprint density at radius 2 is 2.10 bits per heavy atom. The Kier molecular flexibility index (Phi) is 3.93. The standard InChI is InChI=1S/C12H12ClN3O4S/c1-7-14-11(6-16(7)2)21(19,20)15-10-5-8(12(17)18)3-4-9(10)13/h3-6,15H,1-2H3,(H,17,18). The summed E-state index contributed by atoms with van der Waals surface area (Å²) in [4.78, 5) is 14.8. The van der Waals surface area contributed by atoms with E-state index in [4.69, 9.17) is 16.7 Å². The SMILES string of the molecule is Cc1nc(S(=O)(=O)Nc2cc(C(=O)O)ccc2Cl)cn1C. The molecule has 0 saturated carbocycles. The molecule has 2 aromatic rings. The van der Waals surface area contributed by atoms with Crippen molar-refractivity contribution in [2.75, 3.05) is 4.72 Å². The van der Waals surface area contributed by atoms with Gasteiger partial charge in [0.2, 0.25) is 0 Å². The van der Waals surface area contributed by atoms with Crippen molar-refractivity contribution < 1.29 is 18.3 Å². The van der Waals surface area contributed by atoms with E-state index in [9.17, 15) is 13.2 Å². The molecule has 0 bridgehead atoms. The number of aryl methyl sites for hydroxylation is 2. The van der Waals surface area contributed by atoms with Crippen molar-refractivity contribution >= 4 is 33.3 Å². The number of aromatic carboxylic acids is 1. The summed E-state index contributed by atoms with van der Waals surface area (Å²) < 4.78 is 28.2. The predicted octanol–water partition coefficient (Wildman–Crippen LogP) is 1.88. The van der Waals surface area contributed by atoms with E-state index in [1.165, 1.54) is 18.3 Å². The highest BCUT2D eigenvalue weighted by Gasteiger charge is 2.20. The number of hydrogen-bond donors (Lipinski definition) is 2. The number of carbonyl (C=O) groups is 1. The first-order valence-corrected chi connectivity index (χ1v) is 7.62. The van der Waals surface area contributed by atoms with Gasteiger partial charge in [0.25, 0.3) is 10.0 Å². The Labute approximate surface area is 126 Å². The summed E-state index contributed by atoms with van der Waals surface area (Å²) >= 11 is 5.89. The second-order valence-electron chi connectivity index (χ2n) is 4.34. The summed E-state index contributed by atoms with van der Waals surface area (Å²) in [6.45, 7) is 1.66. The number of carboxylic acid groups (broad SMARTS) is 1. The van der Waals surface area contributed by atoms with Gasteiger partial charge in [-0.15, -0.1) is 0 Å². The molecule has 9 heteroatoms. The van der Waals surface area contributed by atoms with Crippen LogP contribution in [0.4, 0.5) is 5.69 Å².